The van der Waals surface area contributed by atoms with E-state index in [9.17, 15) is 14.4 Å². The fourth-order valence-corrected chi connectivity index (χ4v) is 1.92. The first-order valence-corrected chi connectivity index (χ1v) is 7.83. The van der Waals surface area contributed by atoms with E-state index in [1.54, 1.807) is 32.3 Å². The van der Waals surface area contributed by atoms with Crippen LogP contribution in [0.15, 0.2) is 24.3 Å². The molecule has 0 heterocycles. The van der Waals surface area contributed by atoms with Crippen LogP contribution in [-0.2, 0) is 16.1 Å². The highest BCUT2D eigenvalue weighted by atomic mass is 35.5. The van der Waals surface area contributed by atoms with Gasteiger partial charge in [0.1, 0.15) is 0 Å². The van der Waals surface area contributed by atoms with Crippen molar-refractivity contribution in [2.75, 3.05) is 20.6 Å². The summed E-state index contributed by atoms with van der Waals surface area (Å²) in [7, 11) is 3.36. The van der Waals surface area contributed by atoms with Crippen molar-refractivity contribution in [2.45, 2.75) is 26.4 Å². The van der Waals surface area contributed by atoms with Crippen LogP contribution in [0.2, 0.25) is 0 Å². The first-order chi connectivity index (χ1) is 11.2. The Morgan fingerprint density at radius 2 is 1.80 bits per heavy atom. The number of nitrogens with one attached hydrogen (secondary N) is 2. The zero-order chi connectivity index (χ0) is 18.3. The zero-order valence-electron chi connectivity index (χ0n) is 15.0. The second kappa shape index (κ2) is 10.7. The standard InChI is InChI=1S/C17H26N4O3.ClH/c1-11(2)15(18)16(23)20-10-14(22)19-9-12-6-5-7-13(8-12)17(24)21(3)4;/h5-8,11,15H,9-10,18H2,1-4H3,(H,19,22)(H,20,23);1H/t15-;/m0./s1. The molecule has 1 atom stereocenters. The van der Waals surface area contributed by atoms with Crippen molar-refractivity contribution in [3.05, 3.63) is 35.4 Å². The Balaban J connectivity index is 0.00000576. The maximum atomic E-state index is 11.9. The second-order valence-electron chi connectivity index (χ2n) is 6.16. The van der Waals surface area contributed by atoms with Crippen molar-refractivity contribution in [2.24, 2.45) is 11.7 Å². The third kappa shape index (κ3) is 7.53. The van der Waals surface area contributed by atoms with Gasteiger partial charge < -0.3 is 21.3 Å². The number of carbonyl (C=O) groups is 3. The van der Waals surface area contributed by atoms with Crippen LogP contribution in [0.3, 0.4) is 0 Å². The number of hydrogen-bond donors (Lipinski definition) is 3. The number of hydrogen-bond acceptors (Lipinski definition) is 4. The third-order valence-electron chi connectivity index (χ3n) is 3.51. The molecule has 7 nitrogen and oxygen atoms in total. The van der Waals surface area contributed by atoms with Crippen LogP contribution in [0.25, 0.3) is 0 Å². The molecule has 8 heteroatoms. The predicted octanol–water partition coefficient (Wildman–Crippen LogP) is 0.526. The van der Waals surface area contributed by atoms with Gasteiger partial charge in [-0.1, -0.05) is 26.0 Å². The molecule has 1 aromatic carbocycles. The highest BCUT2D eigenvalue weighted by Gasteiger charge is 2.17. The van der Waals surface area contributed by atoms with Crippen molar-refractivity contribution >= 4 is 30.1 Å². The van der Waals surface area contributed by atoms with Crippen molar-refractivity contribution < 1.29 is 14.4 Å². The average molecular weight is 371 g/mol. The quantitative estimate of drug-likeness (QED) is 0.651. The largest absolute Gasteiger partial charge is 0.350 e. The predicted molar refractivity (Wildman–Crippen MR) is 99.4 cm³/mol. The van der Waals surface area contributed by atoms with Crippen molar-refractivity contribution in [3.8, 4) is 0 Å². The molecule has 0 aliphatic rings. The monoisotopic (exact) mass is 370 g/mol. The minimum atomic E-state index is -0.633. The van der Waals surface area contributed by atoms with Gasteiger partial charge >= 0.3 is 0 Å². The number of halogens is 1. The molecule has 0 radical (unpaired) electrons. The van der Waals surface area contributed by atoms with Gasteiger partial charge in [0.15, 0.2) is 0 Å². The molecule has 0 aliphatic heterocycles. The number of nitrogens with zero attached hydrogens (tertiary/aromatic N) is 1. The summed E-state index contributed by atoms with van der Waals surface area (Å²) in [5, 5.41) is 5.21. The topological polar surface area (TPSA) is 105 Å². The van der Waals surface area contributed by atoms with Crippen LogP contribution in [0, 0.1) is 5.92 Å². The SMILES string of the molecule is CC(C)[C@H](N)C(=O)NCC(=O)NCc1cccc(C(=O)N(C)C)c1.Cl. The van der Waals surface area contributed by atoms with Gasteiger partial charge in [0.05, 0.1) is 12.6 Å². The van der Waals surface area contributed by atoms with E-state index in [1.165, 1.54) is 4.90 Å². The molecule has 25 heavy (non-hydrogen) atoms. The molecule has 0 saturated carbocycles. The Kier molecular flexibility index (Phi) is 9.78. The van der Waals surface area contributed by atoms with Crippen LogP contribution < -0.4 is 16.4 Å². The van der Waals surface area contributed by atoms with Crippen molar-refractivity contribution in [3.63, 3.8) is 0 Å². The second-order valence-corrected chi connectivity index (χ2v) is 6.16. The van der Waals surface area contributed by atoms with Crippen LogP contribution in [-0.4, -0.2) is 49.3 Å². The van der Waals surface area contributed by atoms with Gasteiger partial charge in [0.25, 0.3) is 5.91 Å². The van der Waals surface area contributed by atoms with E-state index in [2.05, 4.69) is 10.6 Å². The smallest absolute Gasteiger partial charge is 0.253 e. The Labute approximate surface area is 154 Å². The van der Waals surface area contributed by atoms with Gasteiger partial charge in [-0.15, -0.1) is 12.4 Å². The molecule has 1 aromatic rings. The van der Waals surface area contributed by atoms with E-state index < -0.39 is 6.04 Å². The number of amides is 3. The maximum absolute atomic E-state index is 11.9. The first-order valence-electron chi connectivity index (χ1n) is 7.83. The third-order valence-corrected chi connectivity index (χ3v) is 3.51. The molecule has 0 fully saturated rings. The average Bonchev–Trinajstić information content (AvgIpc) is 2.56. The molecule has 4 N–H and O–H groups in total. The normalized spacial score (nSPS) is 11.3. The van der Waals surface area contributed by atoms with E-state index in [4.69, 9.17) is 5.73 Å². The molecule has 0 saturated heterocycles. The van der Waals surface area contributed by atoms with Crippen LogP contribution >= 0.6 is 12.4 Å². The van der Waals surface area contributed by atoms with Crippen LogP contribution in [0.5, 0.6) is 0 Å². The lowest BCUT2D eigenvalue weighted by molar-refractivity contribution is -0.127. The highest BCUT2D eigenvalue weighted by molar-refractivity contribution is 5.94. The summed E-state index contributed by atoms with van der Waals surface area (Å²) in [4.78, 5) is 36.9. The van der Waals surface area contributed by atoms with E-state index in [-0.39, 0.29) is 49.1 Å². The molecule has 140 valence electrons. The van der Waals surface area contributed by atoms with Gasteiger partial charge in [-0.25, -0.2) is 0 Å². The molecule has 3 amide bonds. The lowest BCUT2D eigenvalue weighted by Gasteiger charge is -2.15. The lowest BCUT2D eigenvalue weighted by atomic mass is 10.1. The molecule has 0 spiro atoms. The summed E-state index contributed by atoms with van der Waals surface area (Å²) in [5.74, 6) is -0.759. The number of carbonyl (C=O) groups excluding carboxylic acids is 3. The molecular weight excluding hydrogens is 344 g/mol. The maximum Gasteiger partial charge on any atom is 0.253 e. The van der Waals surface area contributed by atoms with E-state index >= 15 is 0 Å². The van der Waals surface area contributed by atoms with Gasteiger partial charge in [-0.3, -0.25) is 14.4 Å². The molecule has 0 aliphatic carbocycles. The minimum Gasteiger partial charge on any atom is -0.350 e. The highest BCUT2D eigenvalue weighted by Crippen LogP contribution is 2.07. The fourth-order valence-electron chi connectivity index (χ4n) is 1.92. The lowest BCUT2D eigenvalue weighted by Crippen LogP contribution is -2.47. The summed E-state index contributed by atoms with van der Waals surface area (Å²) in [6.45, 7) is 3.83. The van der Waals surface area contributed by atoms with Gasteiger partial charge in [-0.2, -0.15) is 0 Å². The summed E-state index contributed by atoms with van der Waals surface area (Å²) in [6.07, 6.45) is 0. The Morgan fingerprint density at radius 1 is 1.16 bits per heavy atom. The van der Waals surface area contributed by atoms with Crippen molar-refractivity contribution in [1.82, 2.24) is 15.5 Å². The Morgan fingerprint density at radius 3 is 2.36 bits per heavy atom. The van der Waals surface area contributed by atoms with E-state index in [0.29, 0.717) is 5.56 Å². The van der Waals surface area contributed by atoms with Gasteiger partial charge in [0, 0.05) is 26.2 Å². The van der Waals surface area contributed by atoms with Crippen LogP contribution in [0.1, 0.15) is 29.8 Å². The number of nitrogens with two attached hydrogens (primary N) is 1. The number of rotatable bonds is 7. The molecule has 1 rings (SSSR count). The summed E-state index contributed by atoms with van der Waals surface area (Å²) < 4.78 is 0. The van der Waals surface area contributed by atoms with Crippen molar-refractivity contribution in [1.29, 1.82) is 0 Å². The van der Waals surface area contributed by atoms with Gasteiger partial charge in [0.2, 0.25) is 11.8 Å². The Bertz CT molecular complexity index is 605. The Hall–Kier alpha value is -2.12. The zero-order valence-corrected chi connectivity index (χ0v) is 15.9. The van der Waals surface area contributed by atoms with E-state index in [1.807, 2.05) is 19.9 Å². The van der Waals surface area contributed by atoms with Crippen LogP contribution in [0.4, 0.5) is 0 Å². The molecule has 0 bridgehead atoms. The number of benzene rings is 1. The first kappa shape index (κ1) is 22.9. The minimum absolute atomic E-state index is 0. The molecule has 0 unspecified atom stereocenters. The molecule has 0 aromatic heterocycles. The van der Waals surface area contributed by atoms with Gasteiger partial charge in [-0.05, 0) is 23.6 Å². The summed E-state index contributed by atoms with van der Waals surface area (Å²) in [6, 6.07) is 6.41. The molecular formula is C17H27ClN4O3. The fraction of sp³-hybridized carbons (Fsp3) is 0.471. The summed E-state index contributed by atoms with van der Waals surface area (Å²) in [5.41, 5.74) is 7.07. The van der Waals surface area contributed by atoms with E-state index in [0.717, 1.165) is 5.56 Å². The summed E-state index contributed by atoms with van der Waals surface area (Å²) >= 11 is 0.